The number of fused-ring (bicyclic) bond motifs is 3. The molecule has 4 aliphatic heterocycles. The molecule has 47 heavy (non-hydrogen) atoms. The number of allylic oxidation sites excluding steroid dienone is 6. The molecule has 14 heteroatoms. The Morgan fingerprint density at radius 3 is 2.36 bits per heavy atom. The quantitative estimate of drug-likeness (QED) is 0.157. The van der Waals surface area contributed by atoms with Crippen molar-refractivity contribution in [2.24, 2.45) is 11.7 Å². The minimum Gasteiger partial charge on any atom is -0.481 e. The lowest BCUT2D eigenvalue weighted by Gasteiger charge is -2.45. The normalized spacial score (nSPS) is 47.2. The number of nitrogens with two attached hydrogens (primary N) is 1. The summed E-state index contributed by atoms with van der Waals surface area (Å²) < 4.78 is 28.5. The van der Waals surface area contributed by atoms with Gasteiger partial charge in [-0.15, -0.1) is 0 Å². The number of carboxylic acid groups (broad SMARTS) is 1. The number of aliphatic hydroxyl groups is 5. The number of rotatable bonds is 3. The molecule has 0 aromatic carbocycles. The van der Waals surface area contributed by atoms with E-state index in [0.717, 1.165) is 0 Å². The third-order valence-electron chi connectivity index (χ3n) is 8.58. The highest BCUT2D eigenvalue weighted by molar-refractivity contribution is 5.82. The van der Waals surface area contributed by atoms with Crippen LogP contribution >= 0.6 is 0 Å². The lowest BCUT2D eigenvalue weighted by molar-refractivity contribution is -0.308. The van der Waals surface area contributed by atoms with Crippen molar-refractivity contribution in [1.82, 2.24) is 0 Å². The number of hydrogen-bond acceptors (Lipinski definition) is 13. The number of carboxylic acids is 1. The molecule has 2 bridgehead atoms. The van der Waals surface area contributed by atoms with Crippen LogP contribution in [0.5, 0.6) is 0 Å². The Hall–Kier alpha value is -2.76. The van der Waals surface area contributed by atoms with Crippen molar-refractivity contribution in [3.63, 3.8) is 0 Å². The monoisotopic (exact) mass is 665 g/mol. The van der Waals surface area contributed by atoms with E-state index in [0.29, 0.717) is 6.42 Å². The van der Waals surface area contributed by atoms with Gasteiger partial charge in [0.2, 0.25) is 0 Å². The van der Waals surface area contributed by atoms with Gasteiger partial charge in [0.15, 0.2) is 12.1 Å². The largest absolute Gasteiger partial charge is 0.481 e. The molecule has 4 heterocycles. The van der Waals surface area contributed by atoms with Crippen molar-refractivity contribution >= 4 is 11.9 Å². The van der Waals surface area contributed by atoms with E-state index in [2.05, 4.69) is 0 Å². The lowest BCUT2D eigenvalue weighted by atomic mass is 9.83. The summed E-state index contributed by atoms with van der Waals surface area (Å²) in [5.74, 6) is -5.45. The number of epoxide rings is 1. The minimum atomic E-state index is -2.10. The molecule has 8 N–H and O–H groups in total. The first-order valence-electron chi connectivity index (χ1n) is 15.9. The van der Waals surface area contributed by atoms with E-state index in [4.69, 9.17) is 29.4 Å². The summed E-state index contributed by atoms with van der Waals surface area (Å²) in [4.78, 5) is 24.4. The highest BCUT2D eigenvalue weighted by Crippen LogP contribution is 2.39. The fourth-order valence-electron chi connectivity index (χ4n) is 6.00. The van der Waals surface area contributed by atoms with Gasteiger partial charge in [-0.3, -0.25) is 4.79 Å². The molecule has 0 saturated carbocycles. The molecule has 14 nitrogen and oxygen atoms in total. The van der Waals surface area contributed by atoms with Crippen LogP contribution < -0.4 is 5.73 Å². The van der Waals surface area contributed by atoms with Gasteiger partial charge in [0, 0.05) is 38.2 Å². The number of esters is 1. The second kappa shape index (κ2) is 16.6. The minimum absolute atomic E-state index is 0.0789. The highest BCUT2D eigenvalue weighted by Gasteiger charge is 2.51. The molecule has 3 saturated heterocycles. The zero-order valence-corrected chi connectivity index (χ0v) is 26.4. The number of ether oxygens (including phenoxy) is 5. The number of aliphatic carboxylic acids is 1. The third-order valence-corrected chi connectivity index (χ3v) is 8.58. The van der Waals surface area contributed by atoms with Crippen LogP contribution in [-0.4, -0.2) is 122 Å². The average molecular weight is 666 g/mol. The van der Waals surface area contributed by atoms with Crippen LogP contribution in [0, 0.1) is 5.92 Å². The second-order valence-corrected chi connectivity index (χ2v) is 12.6. The predicted octanol–water partition coefficient (Wildman–Crippen LogP) is 0.120. The van der Waals surface area contributed by atoms with Gasteiger partial charge in [-0.2, -0.15) is 0 Å². The number of hydrogen-bond donors (Lipinski definition) is 7. The summed E-state index contributed by atoms with van der Waals surface area (Å²) in [6, 6.07) is -1.08. The molecule has 14 atom stereocenters. The van der Waals surface area contributed by atoms with Gasteiger partial charge in [0.25, 0.3) is 0 Å². The standard InChI is InChI=1S/C33H47NO13/c1-18-10-8-6-4-3-5-7-9-11-21(45-32-30(39)28(34)29(38)19(2)44-32)15-25-27(31(40)41)22(36)17-33(42,47-25)16-20(35)14-24-23(46-24)12-13-26(37)43-18/h3-9,11-13,18-25,27-30,32,35-36,38-39,42H,10,14-17,34H2,1-2H3,(H,40,41)/b4-3+,7-5+,8-6+,11-9+,13-12+/t18-,19+,20-,21+,22-,23+,24+,25-,27+,28+,29-,30-,32-,33+/m1/s1. The van der Waals surface area contributed by atoms with E-state index >= 15 is 0 Å². The first-order valence-corrected chi connectivity index (χ1v) is 15.9. The molecule has 3 fully saturated rings. The van der Waals surface area contributed by atoms with Crippen LogP contribution in [0.2, 0.25) is 0 Å². The van der Waals surface area contributed by atoms with E-state index in [1.54, 1.807) is 56.4 Å². The molecule has 0 radical (unpaired) electrons. The van der Waals surface area contributed by atoms with Crippen molar-refractivity contribution in [3.05, 3.63) is 60.8 Å². The van der Waals surface area contributed by atoms with Gasteiger partial charge in [0.05, 0.1) is 48.8 Å². The number of carbonyl (C=O) groups excluding carboxylic acids is 1. The summed E-state index contributed by atoms with van der Waals surface area (Å²) in [7, 11) is 0. The Morgan fingerprint density at radius 1 is 0.936 bits per heavy atom. The Bertz CT molecular complexity index is 1220. The van der Waals surface area contributed by atoms with Gasteiger partial charge in [-0.25, -0.2) is 4.79 Å². The van der Waals surface area contributed by atoms with Gasteiger partial charge >= 0.3 is 11.9 Å². The molecule has 4 aliphatic rings. The first kappa shape index (κ1) is 37.1. The fraction of sp³-hybridized carbons (Fsp3) is 0.636. The van der Waals surface area contributed by atoms with Gasteiger partial charge in [-0.05, 0) is 19.9 Å². The summed E-state index contributed by atoms with van der Waals surface area (Å²) >= 11 is 0. The van der Waals surface area contributed by atoms with E-state index in [1.807, 2.05) is 6.08 Å². The molecule has 0 aromatic heterocycles. The number of cyclic esters (lactones) is 1. The second-order valence-electron chi connectivity index (χ2n) is 12.6. The van der Waals surface area contributed by atoms with E-state index < -0.39 is 97.3 Å². The van der Waals surface area contributed by atoms with Gasteiger partial charge in [-0.1, -0.05) is 48.6 Å². The van der Waals surface area contributed by atoms with Crippen molar-refractivity contribution in [3.8, 4) is 0 Å². The maximum absolute atomic E-state index is 12.3. The van der Waals surface area contributed by atoms with Crippen LogP contribution in [0.15, 0.2) is 60.8 Å². The van der Waals surface area contributed by atoms with E-state index in [9.17, 15) is 40.2 Å². The number of carbonyl (C=O) groups is 2. The van der Waals surface area contributed by atoms with Crippen molar-refractivity contribution < 1.29 is 63.9 Å². The summed E-state index contributed by atoms with van der Waals surface area (Å²) in [5.41, 5.74) is 5.98. The van der Waals surface area contributed by atoms with Gasteiger partial charge < -0.3 is 60.1 Å². The summed E-state index contributed by atoms with van der Waals surface area (Å²) in [6.07, 6.45) is 5.25. The Balaban J connectivity index is 1.58. The first-order chi connectivity index (χ1) is 22.3. The molecule has 4 rings (SSSR count). The third kappa shape index (κ3) is 10.6. The molecule has 0 aliphatic carbocycles. The van der Waals surface area contributed by atoms with E-state index in [1.165, 1.54) is 12.2 Å². The van der Waals surface area contributed by atoms with Crippen LogP contribution in [0.3, 0.4) is 0 Å². The molecular weight excluding hydrogens is 618 g/mol. The molecule has 0 amide bonds. The molecule has 0 aromatic rings. The SMILES string of the molecule is C[C@@H]1C/C=C/C=C/C=C/C=C/[C@H](O[C@H]2O[C@@H](C)[C@@H](O)[C@H](N)[C@H]2O)C[C@H]2O[C@@](O)(C[C@H](O)C[C@@H]3O[C@H]3/C=C/C(=O)O1)C[C@@H](O)[C@@H]2C(=O)O. The van der Waals surface area contributed by atoms with Crippen LogP contribution in [0.25, 0.3) is 0 Å². The highest BCUT2D eigenvalue weighted by atomic mass is 16.7. The predicted molar refractivity (Wildman–Crippen MR) is 165 cm³/mol. The van der Waals surface area contributed by atoms with Crippen LogP contribution in [-0.2, 0) is 33.3 Å². The Morgan fingerprint density at radius 2 is 1.64 bits per heavy atom. The molecule has 0 spiro atoms. The average Bonchev–Trinajstić information content (AvgIpc) is 3.72. The zero-order valence-electron chi connectivity index (χ0n) is 26.4. The summed E-state index contributed by atoms with van der Waals surface area (Å²) in [6.45, 7) is 3.34. The van der Waals surface area contributed by atoms with Crippen molar-refractivity contribution in [1.29, 1.82) is 0 Å². The van der Waals surface area contributed by atoms with E-state index in [-0.39, 0.29) is 25.4 Å². The fourth-order valence-corrected chi connectivity index (χ4v) is 6.00. The smallest absolute Gasteiger partial charge is 0.330 e. The van der Waals surface area contributed by atoms with Crippen molar-refractivity contribution in [2.75, 3.05) is 0 Å². The Kier molecular flexibility index (Phi) is 13.1. The number of aliphatic hydroxyl groups excluding tert-OH is 4. The maximum Gasteiger partial charge on any atom is 0.330 e. The molecule has 0 unspecified atom stereocenters. The van der Waals surface area contributed by atoms with Crippen LogP contribution in [0.1, 0.15) is 46.0 Å². The summed E-state index contributed by atoms with van der Waals surface area (Å²) in [5, 5.41) is 63.9. The maximum atomic E-state index is 12.3. The van der Waals surface area contributed by atoms with Crippen LogP contribution in [0.4, 0.5) is 0 Å². The molecular formula is C33H47NO13. The van der Waals surface area contributed by atoms with Crippen molar-refractivity contribution in [2.45, 2.75) is 125 Å². The Labute approximate surface area is 273 Å². The van der Waals surface area contributed by atoms with Gasteiger partial charge in [0.1, 0.15) is 24.2 Å². The molecule has 262 valence electrons. The lowest BCUT2D eigenvalue weighted by Crippen LogP contribution is -2.61. The topological polar surface area (TPSA) is 231 Å². The zero-order chi connectivity index (χ0) is 34.3.